The fourth-order valence-electron chi connectivity index (χ4n) is 2.18. The van der Waals surface area contributed by atoms with E-state index in [1.54, 1.807) is 24.3 Å². The van der Waals surface area contributed by atoms with Gasteiger partial charge in [-0.05, 0) is 48.9 Å². The number of aliphatic carboxylic acids is 1. The summed E-state index contributed by atoms with van der Waals surface area (Å²) in [6.07, 6.45) is 1.28. The van der Waals surface area contributed by atoms with Crippen LogP contribution < -0.4 is 9.47 Å². The second kappa shape index (κ2) is 8.06. The number of carboxylic acids is 1. The molecule has 1 N–H and O–H groups in total. The molecule has 0 aliphatic carbocycles. The molecule has 0 saturated carbocycles. The first-order valence-corrected chi connectivity index (χ1v) is 8.51. The predicted molar refractivity (Wildman–Crippen MR) is 93.7 cm³/mol. The largest absolute Gasteiger partial charge is 0.493 e. The minimum Gasteiger partial charge on any atom is -0.493 e. The summed E-state index contributed by atoms with van der Waals surface area (Å²) in [5.74, 6) is -0.769. The van der Waals surface area contributed by atoms with Crippen molar-refractivity contribution in [3.8, 4) is 11.5 Å². The average molecular weight is 365 g/mol. The van der Waals surface area contributed by atoms with Crippen LogP contribution in [-0.2, 0) is 9.59 Å². The molecule has 1 saturated heterocycles. The summed E-state index contributed by atoms with van der Waals surface area (Å²) in [5.41, 5.74) is 0.647. The molecule has 2 rings (SSSR count). The highest BCUT2D eigenvalue weighted by atomic mass is 32.2. The SMILES string of the molecule is CCCN1C(=O)S/C(=C\c2ccc(OC(C)C(=O)O)c(OC)c2)C1=O. The number of hydrogen-bond donors (Lipinski definition) is 1. The number of thioether (sulfide) groups is 1. The minimum absolute atomic E-state index is 0.277. The van der Waals surface area contributed by atoms with E-state index in [2.05, 4.69) is 0 Å². The summed E-state index contributed by atoms with van der Waals surface area (Å²) >= 11 is 0.898. The summed E-state index contributed by atoms with van der Waals surface area (Å²) in [6.45, 7) is 3.71. The van der Waals surface area contributed by atoms with Gasteiger partial charge in [0.05, 0.1) is 12.0 Å². The second-order valence-electron chi connectivity index (χ2n) is 5.34. The van der Waals surface area contributed by atoms with Gasteiger partial charge in [-0.1, -0.05) is 13.0 Å². The van der Waals surface area contributed by atoms with Crippen LogP contribution in [0.5, 0.6) is 11.5 Å². The van der Waals surface area contributed by atoms with Crippen molar-refractivity contribution in [2.45, 2.75) is 26.4 Å². The van der Waals surface area contributed by atoms with Gasteiger partial charge in [0.25, 0.3) is 11.1 Å². The maximum Gasteiger partial charge on any atom is 0.344 e. The zero-order chi connectivity index (χ0) is 18.6. The molecule has 134 valence electrons. The smallest absolute Gasteiger partial charge is 0.344 e. The highest BCUT2D eigenvalue weighted by Gasteiger charge is 2.34. The van der Waals surface area contributed by atoms with E-state index in [9.17, 15) is 14.4 Å². The third kappa shape index (κ3) is 4.33. The molecule has 7 nitrogen and oxygen atoms in total. The molecular weight excluding hydrogens is 346 g/mol. The molecule has 1 unspecified atom stereocenters. The Kier molecular flexibility index (Phi) is 6.08. The van der Waals surface area contributed by atoms with Gasteiger partial charge in [0.2, 0.25) is 0 Å². The summed E-state index contributed by atoms with van der Waals surface area (Å²) < 4.78 is 10.6. The molecule has 0 aromatic heterocycles. The molecule has 1 aromatic rings. The van der Waals surface area contributed by atoms with E-state index < -0.39 is 12.1 Å². The molecule has 1 aromatic carbocycles. The first-order chi connectivity index (χ1) is 11.9. The topological polar surface area (TPSA) is 93.1 Å². The predicted octanol–water partition coefficient (Wildman–Crippen LogP) is 2.99. The first-order valence-electron chi connectivity index (χ1n) is 7.70. The van der Waals surface area contributed by atoms with Crippen molar-refractivity contribution in [3.05, 3.63) is 28.7 Å². The Hall–Kier alpha value is -2.48. The molecule has 2 amide bonds. The Morgan fingerprint density at radius 1 is 1.36 bits per heavy atom. The van der Waals surface area contributed by atoms with Crippen LogP contribution in [0.4, 0.5) is 4.79 Å². The van der Waals surface area contributed by atoms with Crippen molar-refractivity contribution in [3.63, 3.8) is 0 Å². The number of carbonyl (C=O) groups is 3. The van der Waals surface area contributed by atoms with Crippen LogP contribution >= 0.6 is 11.8 Å². The lowest BCUT2D eigenvalue weighted by atomic mass is 10.1. The highest BCUT2D eigenvalue weighted by Crippen LogP contribution is 2.34. The number of imide groups is 1. The fourth-order valence-corrected chi connectivity index (χ4v) is 3.04. The monoisotopic (exact) mass is 365 g/mol. The lowest BCUT2D eigenvalue weighted by Crippen LogP contribution is -2.28. The molecule has 1 atom stereocenters. The molecule has 1 heterocycles. The molecule has 25 heavy (non-hydrogen) atoms. The normalized spacial score (nSPS) is 17.1. The van der Waals surface area contributed by atoms with Gasteiger partial charge in [-0.15, -0.1) is 0 Å². The summed E-state index contributed by atoms with van der Waals surface area (Å²) in [7, 11) is 1.44. The Morgan fingerprint density at radius 3 is 2.68 bits per heavy atom. The van der Waals surface area contributed by atoms with E-state index in [1.807, 2.05) is 6.92 Å². The number of carbonyl (C=O) groups excluding carboxylic acids is 2. The molecule has 1 fully saturated rings. The lowest BCUT2D eigenvalue weighted by molar-refractivity contribution is -0.144. The molecule has 0 radical (unpaired) electrons. The van der Waals surface area contributed by atoms with Gasteiger partial charge in [-0.3, -0.25) is 14.5 Å². The second-order valence-corrected chi connectivity index (χ2v) is 6.34. The van der Waals surface area contributed by atoms with Gasteiger partial charge in [-0.25, -0.2) is 4.79 Å². The van der Waals surface area contributed by atoms with Crippen molar-refractivity contribution in [2.75, 3.05) is 13.7 Å². The summed E-state index contributed by atoms with van der Waals surface area (Å²) in [4.78, 5) is 36.6. The first kappa shape index (κ1) is 18.9. The van der Waals surface area contributed by atoms with E-state index in [1.165, 1.54) is 18.9 Å². The Morgan fingerprint density at radius 2 is 2.08 bits per heavy atom. The van der Waals surface area contributed by atoms with E-state index in [0.29, 0.717) is 29.2 Å². The van der Waals surface area contributed by atoms with E-state index >= 15 is 0 Å². The number of benzene rings is 1. The third-order valence-electron chi connectivity index (χ3n) is 3.46. The zero-order valence-electron chi connectivity index (χ0n) is 14.1. The van der Waals surface area contributed by atoms with Crippen LogP contribution in [-0.4, -0.2) is 46.9 Å². The number of carboxylic acid groups (broad SMARTS) is 1. The fraction of sp³-hybridized carbons (Fsp3) is 0.353. The maximum absolute atomic E-state index is 12.2. The van der Waals surface area contributed by atoms with E-state index in [0.717, 1.165) is 11.8 Å². The van der Waals surface area contributed by atoms with E-state index in [4.69, 9.17) is 14.6 Å². The zero-order valence-corrected chi connectivity index (χ0v) is 15.0. The van der Waals surface area contributed by atoms with Crippen molar-refractivity contribution in [1.82, 2.24) is 4.90 Å². The standard InChI is InChI=1S/C17H19NO6S/c1-4-7-18-15(19)14(25-17(18)22)9-11-5-6-12(13(8-11)23-3)24-10(2)16(20)21/h5-6,8-10H,4,7H2,1-3H3,(H,20,21)/b14-9-. The van der Waals surface area contributed by atoms with Crippen LogP contribution in [0.2, 0.25) is 0 Å². The van der Waals surface area contributed by atoms with Crippen molar-refractivity contribution in [2.24, 2.45) is 0 Å². The summed E-state index contributed by atoms with van der Waals surface area (Å²) in [6, 6.07) is 4.86. The van der Waals surface area contributed by atoms with Gasteiger partial charge < -0.3 is 14.6 Å². The van der Waals surface area contributed by atoms with Crippen LogP contribution in [0.15, 0.2) is 23.1 Å². The van der Waals surface area contributed by atoms with E-state index in [-0.39, 0.29) is 16.9 Å². The number of nitrogens with zero attached hydrogens (tertiary/aromatic N) is 1. The molecule has 8 heteroatoms. The molecule has 1 aliphatic heterocycles. The van der Waals surface area contributed by atoms with Crippen LogP contribution in [0, 0.1) is 0 Å². The molecular formula is C17H19NO6S. The Balaban J connectivity index is 2.25. The maximum atomic E-state index is 12.2. The number of hydrogen-bond acceptors (Lipinski definition) is 6. The van der Waals surface area contributed by atoms with Gasteiger partial charge in [-0.2, -0.15) is 0 Å². The van der Waals surface area contributed by atoms with Crippen LogP contribution in [0.1, 0.15) is 25.8 Å². The third-order valence-corrected chi connectivity index (χ3v) is 4.37. The quantitative estimate of drug-likeness (QED) is 0.742. The van der Waals surface area contributed by atoms with Gasteiger partial charge >= 0.3 is 5.97 Å². The minimum atomic E-state index is -1.09. The number of methoxy groups -OCH3 is 1. The number of amides is 2. The highest BCUT2D eigenvalue weighted by molar-refractivity contribution is 8.18. The van der Waals surface area contributed by atoms with Crippen LogP contribution in [0.3, 0.4) is 0 Å². The van der Waals surface area contributed by atoms with Crippen molar-refractivity contribution < 1.29 is 29.0 Å². The Labute approximate surface area is 149 Å². The van der Waals surface area contributed by atoms with Gasteiger partial charge in [0.1, 0.15) is 0 Å². The number of ether oxygens (including phenoxy) is 2. The molecule has 1 aliphatic rings. The van der Waals surface area contributed by atoms with Crippen molar-refractivity contribution in [1.29, 1.82) is 0 Å². The number of rotatable bonds is 7. The lowest BCUT2D eigenvalue weighted by Gasteiger charge is -2.14. The molecule has 0 spiro atoms. The molecule has 0 bridgehead atoms. The van der Waals surface area contributed by atoms with Crippen LogP contribution in [0.25, 0.3) is 6.08 Å². The summed E-state index contributed by atoms with van der Waals surface area (Å²) in [5, 5.41) is 8.64. The average Bonchev–Trinajstić information content (AvgIpc) is 2.83. The van der Waals surface area contributed by atoms with Crippen molar-refractivity contribution >= 4 is 35.0 Å². The Bertz CT molecular complexity index is 730. The van der Waals surface area contributed by atoms with Gasteiger partial charge in [0.15, 0.2) is 17.6 Å². The van der Waals surface area contributed by atoms with Gasteiger partial charge in [0, 0.05) is 6.54 Å².